The molecule has 0 bridgehead atoms. The van der Waals surface area contributed by atoms with Gasteiger partial charge in [0.15, 0.2) is 0 Å². The van der Waals surface area contributed by atoms with Crippen LogP contribution in [-0.2, 0) is 6.42 Å². The molecule has 0 saturated heterocycles. The van der Waals surface area contributed by atoms with Crippen LogP contribution < -0.4 is 10.9 Å². The van der Waals surface area contributed by atoms with E-state index in [4.69, 9.17) is 0 Å². The van der Waals surface area contributed by atoms with E-state index < -0.39 is 0 Å². The molecular weight excluding hydrogens is 424 g/mol. The van der Waals surface area contributed by atoms with E-state index >= 15 is 0 Å². The normalized spacial score (nSPS) is 17.3. The average Bonchev–Trinajstić information content (AvgIpc) is 3.38. The molecule has 33 heavy (non-hydrogen) atoms. The monoisotopic (exact) mass is 447 g/mol. The number of nitrogens with zero attached hydrogens (tertiary/aromatic N) is 3. The van der Waals surface area contributed by atoms with Crippen molar-refractivity contribution in [2.45, 2.75) is 31.2 Å². The van der Waals surface area contributed by atoms with Gasteiger partial charge in [0.2, 0.25) is 0 Å². The zero-order valence-corrected chi connectivity index (χ0v) is 17.8. The number of H-pyrrole nitrogens is 1. The van der Waals surface area contributed by atoms with E-state index in [1.54, 1.807) is 30.7 Å². The molecule has 2 atom stereocenters. The number of aromatic amines is 1. The van der Waals surface area contributed by atoms with Crippen molar-refractivity contribution in [2.24, 2.45) is 0 Å². The average molecular weight is 447 g/mol. The molecule has 6 nitrogen and oxygen atoms in total. The number of nitrogens with one attached hydrogen (secondary N) is 2. The van der Waals surface area contributed by atoms with Crippen molar-refractivity contribution in [3.63, 3.8) is 0 Å². The zero-order chi connectivity index (χ0) is 22.8. The van der Waals surface area contributed by atoms with Crippen LogP contribution in [0.5, 0.6) is 0 Å². The molecule has 2 N–H and O–H groups in total. The molecule has 1 aliphatic rings. The van der Waals surface area contributed by atoms with Gasteiger partial charge in [0.25, 0.3) is 5.56 Å². The Kier molecular flexibility index (Phi) is 5.83. The molecule has 168 valence electrons. The number of hydrogen-bond acceptors (Lipinski definition) is 4. The van der Waals surface area contributed by atoms with E-state index in [1.165, 1.54) is 28.8 Å². The van der Waals surface area contributed by atoms with Gasteiger partial charge in [-0.05, 0) is 67.8 Å². The highest BCUT2D eigenvalue weighted by atomic mass is 19.1. The van der Waals surface area contributed by atoms with Crippen molar-refractivity contribution >= 4 is 0 Å². The van der Waals surface area contributed by atoms with Crippen molar-refractivity contribution in [1.82, 2.24) is 25.1 Å². The highest BCUT2D eigenvalue weighted by Crippen LogP contribution is 2.40. The van der Waals surface area contributed by atoms with E-state index in [1.807, 2.05) is 12.1 Å². The van der Waals surface area contributed by atoms with Gasteiger partial charge in [0, 0.05) is 35.6 Å². The minimum Gasteiger partial charge on any atom is -0.313 e. The number of benzene rings is 2. The minimum absolute atomic E-state index is 0.215. The summed E-state index contributed by atoms with van der Waals surface area (Å²) in [4.78, 5) is 17.6. The second-order valence-corrected chi connectivity index (χ2v) is 8.28. The van der Waals surface area contributed by atoms with Gasteiger partial charge in [-0.3, -0.25) is 14.5 Å². The van der Waals surface area contributed by atoms with Gasteiger partial charge < -0.3 is 5.32 Å². The number of aryl methyl sites for hydroxylation is 1. The molecular formula is C25H23F2N5O. The molecule has 2 heterocycles. The summed E-state index contributed by atoms with van der Waals surface area (Å²) in [5.41, 5.74) is 3.13. The van der Waals surface area contributed by atoms with E-state index in [-0.39, 0.29) is 17.2 Å². The van der Waals surface area contributed by atoms with Crippen LogP contribution in [0.1, 0.15) is 30.0 Å². The Morgan fingerprint density at radius 2 is 1.79 bits per heavy atom. The quantitative estimate of drug-likeness (QED) is 0.401. The van der Waals surface area contributed by atoms with Crippen LogP contribution in [-0.4, -0.2) is 32.3 Å². The van der Waals surface area contributed by atoms with Gasteiger partial charge in [0.1, 0.15) is 17.3 Å². The summed E-state index contributed by atoms with van der Waals surface area (Å²) in [5.74, 6) is -0.147. The first-order chi connectivity index (χ1) is 16.1. The van der Waals surface area contributed by atoms with Crippen LogP contribution in [0.4, 0.5) is 8.78 Å². The molecule has 4 aromatic rings. The predicted octanol–water partition coefficient (Wildman–Crippen LogP) is 3.98. The second-order valence-electron chi connectivity index (χ2n) is 8.28. The number of rotatable bonds is 8. The SMILES string of the molecule is O=c1c(-c2cn[nH]c2)nc(CCCN[C@@H]2C[C@H]2c2ccc(F)cc2)cn1-c1ccc(F)cc1. The summed E-state index contributed by atoms with van der Waals surface area (Å²) in [6.45, 7) is 0.806. The summed E-state index contributed by atoms with van der Waals surface area (Å²) in [5, 5.41) is 10.2. The van der Waals surface area contributed by atoms with Crippen molar-refractivity contribution < 1.29 is 8.78 Å². The Morgan fingerprint density at radius 1 is 1.06 bits per heavy atom. The number of halogens is 2. The van der Waals surface area contributed by atoms with Crippen molar-refractivity contribution in [3.8, 4) is 16.9 Å². The number of hydrogen-bond donors (Lipinski definition) is 2. The van der Waals surface area contributed by atoms with Crippen LogP contribution in [0.3, 0.4) is 0 Å². The third-order valence-corrected chi connectivity index (χ3v) is 5.94. The fraction of sp³-hybridized carbons (Fsp3) is 0.240. The Hall–Kier alpha value is -3.65. The minimum atomic E-state index is -0.360. The van der Waals surface area contributed by atoms with Crippen LogP contribution >= 0.6 is 0 Å². The lowest BCUT2D eigenvalue weighted by molar-refractivity contribution is 0.622. The standard InChI is InChI=1S/C25H23F2N5O/c26-18-5-3-16(4-6-18)22-12-23(22)28-11-1-2-20-15-32(21-9-7-19(27)8-10-21)25(33)24(31-20)17-13-29-30-14-17/h3-10,13-15,22-23,28H,1-2,11-12H2,(H,29,30)/t22-,23+/m0/s1. The van der Waals surface area contributed by atoms with E-state index in [0.717, 1.165) is 30.6 Å². The maximum atomic E-state index is 13.4. The molecule has 1 aliphatic carbocycles. The third kappa shape index (κ3) is 4.75. The Balaban J connectivity index is 1.27. The molecule has 0 aliphatic heterocycles. The first-order valence-corrected chi connectivity index (χ1v) is 10.9. The Labute approximate surface area is 189 Å². The van der Waals surface area contributed by atoms with Gasteiger partial charge in [-0.25, -0.2) is 13.8 Å². The van der Waals surface area contributed by atoms with Gasteiger partial charge >= 0.3 is 0 Å². The fourth-order valence-corrected chi connectivity index (χ4v) is 4.08. The molecule has 0 unspecified atom stereocenters. The molecule has 0 radical (unpaired) electrons. The maximum Gasteiger partial charge on any atom is 0.281 e. The van der Waals surface area contributed by atoms with Crippen molar-refractivity contribution in [2.75, 3.05) is 6.54 Å². The second kappa shape index (κ2) is 9.07. The van der Waals surface area contributed by atoms with Gasteiger partial charge in [-0.2, -0.15) is 5.10 Å². The lowest BCUT2D eigenvalue weighted by atomic mass is 10.1. The first-order valence-electron chi connectivity index (χ1n) is 10.9. The summed E-state index contributed by atoms with van der Waals surface area (Å²) in [6.07, 6.45) is 7.47. The summed E-state index contributed by atoms with van der Waals surface area (Å²) < 4.78 is 28.0. The molecule has 8 heteroatoms. The van der Waals surface area contributed by atoms with Crippen LogP contribution in [0.15, 0.2) is 71.9 Å². The van der Waals surface area contributed by atoms with Crippen molar-refractivity contribution in [3.05, 3.63) is 100 Å². The third-order valence-electron chi connectivity index (χ3n) is 5.94. The molecule has 1 fully saturated rings. The fourth-order valence-electron chi connectivity index (χ4n) is 4.08. The van der Waals surface area contributed by atoms with Crippen LogP contribution in [0.25, 0.3) is 16.9 Å². The molecule has 2 aromatic heterocycles. The molecule has 5 rings (SSSR count). The predicted molar refractivity (Wildman–Crippen MR) is 121 cm³/mol. The molecule has 2 aromatic carbocycles. The topological polar surface area (TPSA) is 75.6 Å². The number of aromatic nitrogens is 4. The lowest BCUT2D eigenvalue weighted by Gasteiger charge is -2.11. The van der Waals surface area contributed by atoms with E-state index in [9.17, 15) is 13.6 Å². The summed E-state index contributed by atoms with van der Waals surface area (Å²) in [7, 11) is 0. The first kappa shape index (κ1) is 21.2. The maximum absolute atomic E-state index is 13.4. The summed E-state index contributed by atoms with van der Waals surface area (Å²) >= 11 is 0. The lowest BCUT2D eigenvalue weighted by Crippen LogP contribution is -2.23. The Bertz CT molecular complexity index is 1280. The Morgan fingerprint density at radius 3 is 2.48 bits per heavy atom. The largest absolute Gasteiger partial charge is 0.313 e. The zero-order valence-electron chi connectivity index (χ0n) is 17.8. The molecule has 0 spiro atoms. The van der Waals surface area contributed by atoms with Gasteiger partial charge in [-0.1, -0.05) is 12.1 Å². The van der Waals surface area contributed by atoms with E-state index in [2.05, 4.69) is 20.5 Å². The van der Waals surface area contributed by atoms with E-state index in [0.29, 0.717) is 35.3 Å². The van der Waals surface area contributed by atoms with Gasteiger partial charge in [-0.15, -0.1) is 0 Å². The van der Waals surface area contributed by atoms with Crippen molar-refractivity contribution in [1.29, 1.82) is 0 Å². The van der Waals surface area contributed by atoms with Gasteiger partial charge in [0.05, 0.1) is 11.9 Å². The smallest absolute Gasteiger partial charge is 0.281 e. The highest BCUT2D eigenvalue weighted by molar-refractivity contribution is 5.56. The summed E-state index contributed by atoms with van der Waals surface area (Å²) in [6, 6.07) is 12.9. The molecule has 0 amide bonds. The molecule has 1 saturated carbocycles. The van der Waals surface area contributed by atoms with Crippen LogP contribution in [0, 0.1) is 11.6 Å². The van der Waals surface area contributed by atoms with Crippen LogP contribution in [0.2, 0.25) is 0 Å². The highest BCUT2D eigenvalue weighted by Gasteiger charge is 2.37.